The van der Waals surface area contributed by atoms with Gasteiger partial charge in [-0.3, -0.25) is 0 Å². The molecule has 1 atom stereocenters. The highest BCUT2D eigenvalue weighted by Gasteiger charge is 2.28. The molecule has 0 spiro atoms. The first-order chi connectivity index (χ1) is 9.28. The van der Waals surface area contributed by atoms with Gasteiger partial charge in [-0.1, -0.05) is 11.6 Å². The third-order valence-corrected chi connectivity index (χ3v) is 2.79. The molecule has 0 bridgehead atoms. The molecule has 114 valence electrons. The lowest BCUT2D eigenvalue weighted by atomic mass is 10.1. The van der Waals surface area contributed by atoms with Crippen molar-refractivity contribution < 1.29 is 27.4 Å². The van der Waals surface area contributed by atoms with Crippen LogP contribution < -0.4 is 15.2 Å². The van der Waals surface area contributed by atoms with E-state index in [-0.39, 0.29) is 11.6 Å². The zero-order valence-electron chi connectivity index (χ0n) is 11.0. The van der Waals surface area contributed by atoms with Crippen LogP contribution in [0.15, 0.2) is 12.1 Å². The lowest BCUT2D eigenvalue weighted by Crippen LogP contribution is -2.23. The standard InChI is InChI=1S/C12H15ClF3NO3/c1-18-10-3-7(8(13)4-11(10)19-2)9(17)5-20-6-12(14,15)16/h3-4,9H,5-6,17H2,1-2H3. The number of benzene rings is 1. The Morgan fingerprint density at radius 3 is 2.25 bits per heavy atom. The molecule has 0 saturated carbocycles. The molecule has 0 aliphatic heterocycles. The topological polar surface area (TPSA) is 53.7 Å². The molecule has 0 aromatic heterocycles. The highest BCUT2D eigenvalue weighted by Crippen LogP contribution is 2.35. The zero-order valence-corrected chi connectivity index (χ0v) is 11.7. The molecule has 8 heteroatoms. The summed E-state index contributed by atoms with van der Waals surface area (Å²) in [4.78, 5) is 0. The summed E-state index contributed by atoms with van der Waals surface area (Å²) >= 11 is 6.01. The fourth-order valence-corrected chi connectivity index (χ4v) is 1.84. The van der Waals surface area contributed by atoms with Crippen LogP contribution in [0.25, 0.3) is 0 Å². The van der Waals surface area contributed by atoms with Crippen LogP contribution in [-0.4, -0.2) is 33.6 Å². The Balaban J connectivity index is 2.79. The minimum atomic E-state index is -4.39. The van der Waals surface area contributed by atoms with Crippen LogP contribution in [0.3, 0.4) is 0 Å². The molecule has 0 fully saturated rings. The minimum absolute atomic E-state index is 0.269. The van der Waals surface area contributed by atoms with E-state index in [9.17, 15) is 13.2 Å². The van der Waals surface area contributed by atoms with Crippen LogP contribution in [0.1, 0.15) is 11.6 Å². The molecule has 0 aliphatic carbocycles. The van der Waals surface area contributed by atoms with E-state index in [0.29, 0.717) is 17.1 Å². The van der Waals surface area contributed by atoms with Crippen LogP contribution >= 0.6 is 11.6 Å². The van der Waals surface area contributed by atoms with Crippen LogP contribution in [0, 0.1) is 0 Å². The smallest absolute Gasteiger partial charge is 0.411 e. The van der Waals surface area contributed by atoms with Crippen LogP contribution in [0.4, 0.5) is 13.2 Å². The second-order valence-electron chi connectivity index (χ2n) is 3.97. The van der Waals surface area contributed by atoms with Crippen LogP contribution in [0.5, 0.6) is 11.5 Å². The third-order valence-electron chi connectivity index (χ3n) is 2.47. The molecule has 1 rings (SSSR count). The number of halogens is 4. The number of alkyl halides is 3. The van der Waals surface area contributed by atoms with Gasteiger partial charge in [0.1, 0.15) is 6.61 Å². The van der Waals surface area contributed by atoms with E-state index in [0.717, 1.165) is 0 Å². The molecule has 2 N–H and O–H groups in total. The molecule has 1 aromatic rings. The maximum atomic E-state index is 12.0. The Kier molecular flexibility index (Phi) is 5.91. The van der Waals surface area contributed by atoms with Gasteiger partial charge in [0.25, 0.3) is 0 Å². The normalized spacial score (nSPS) is 13.2. The lowest BCUT2D eigenvalue weighted by molar-refractivity contribution is -0.174. The van der Waals surface area contributed by atoms with Gasteiger partial charge in [0.15, 0.2) is 11.5 Å². The largest absolute Gasteiger partial charge is 0.493 e. The number of hydrogen-bond donors (Lipinski definition) is 1. The Labute approximate surface area is 119 Å². The van der Waals surface area contributed by atoms with Crippen molar-refractivity contribution in [3.8, 4) is 11.5 Å². The van der Waals surface area contributed by atoms with Gasteiger partial charge >= 0.3 is 6.18 Å². The summed E-state index contributed by atoms with van der Waals surface area (Å²) < 4.78 is 50.6. The van der Waals surface area contributed by atoms with Crippen molar-refractivity contribution >= 4 is 11.6 Å². The second-order valence-corrected chi connectivity index (χ2v) is 4.37. The average Bonchev–Trinajstić information content (AvgIpc) is 2.36. The van der Waals surface area contributed by atoms with Gasteiger partial charge in [-0.15, -0.1) is 0 Å². The minimum Gasteiger partial charge on any atom is -0.493 e. The fourth-order valence-electron chi connectivity index (χ4n) is 1.55. The Morgan fingerprint density at radius 1 is 1.20 bits per heavy atom. The predicted octanol–water partition coefficient (Wildman–Crippen LogP) is 2.94. The van der Waals surface area contributed by atoms with E-state index in [4.69, 9.17) is 26.8 Å². The quantitative estimate of drug-likeness (QED) is 0.877. The van der Waals surface area contributed by atoms with Crippen molar-refractivity contribution in [3.05, 3.63) is 22.7 Å². The van der Waals surface area contributed by atoms with E-state index in [2.05, 4.69) is 4.74 Å². The number of rotatable bonds is 6. The summed E-state index contributed by atoms with van der Waals surface area (Å²) in [7, 11) is 2.88. The van der Waals surface area contributed by atoms with E-state index in [1.54, 1.807) is 0 Å². The summed E-state index contributed by atoms with van der Waals surface area (Å²) in [5, 5.41) is 0.269. The monoisotopic (exact) mass is 313 g/mol. The first-order valence-electron chi connectivity index (χ1n) is 5.60. The van der Waals surface area contributed by atoms with Gasteiger partial charge in [-0.25, -0.2) is 0 Å². The molecule has 0 aliphatic rings. The first kappa shape index (κ1) is 16.9. The molecular formula is C12H15ClF3NO3. The summed E-state index contributed by atoms with van der Waals surface area (Å²) in [6.45, 7) is -1.67. The molecule has 1 unspecified atom stereocenters. The van der Waals surface area contributed by atoms with Crippen molar-refractivity contribution in [1.29, 1.82) is 0 Å². The van der Waals surface area contributed by atoms with E-state index in [1.807, 2.05) is 0 Å². The number of hydrogen-bond acceptors (Lipinski definition) is 4. The van der Waals surface area contributed by atoms with Crippen molar-refractivity contribution in [1.82, 2.24) is 0 Å². The van der Waals surface area contributed by atoms with Crippen molar-refractivity contribution in [3.63, 3.8) is 0 Å². The average molecular weight is 314 g/mol. The SMILES string of the molecule is COc1cc(Cl)c(C(N)COCC(F)(F)F)cc1OC. The van der Waals surface area contributed by atoms with Gasteiger partial charge in [0.05, 0.1) is 26.9 Å². The first-order valence-corrected chi connectivity index (χ1v) is 5.97. The number of methoxy groups -OCH3 is 2. The zero-order chi connectivity index (χ0) is 15.3. The number of ether oxygens (including phenoxy) is 3. The molecule has 0 radical (unpaired) electrons. The van der Waals surface area contributed by atoms with E-state index >= 15 is 0 Å². The van der Waals surface area contributed by atoms with Crippen molar-refractivity contribution in [2.24, 2.45) is 5.73 Å². The summed E-state index contributed by atoms with van der Waals surface area (Å²) in [6, 6.07) is 2.20. The molecule has 1 aromatic carbocycles. The van der Waals surface area contributed by atoms with Gasteiger partial charge < -0.3 is 19.9 Å². The van der Waals surface area contributed by atoms with Gasteiger partial charge in [0, 0.05) is 11.1 Å². The van der Waals surface area contributed by atoms with Gasteiger partial charge in [-0.05, 0) is 11.6 Å². The Bertz CT molecular complexity index is 454. The third kappa shape index (κ3) is 4.73. The van der Waals surface area contributed by atoms with Gasteiger partial charge in [0.2, 0.25) is 0 Å². The van der Waals surface area contributed by atoms with E-state index in [1.165, 1.54) is 26.4 Å². The molecular weight excluding hydrogens is 299 g/mol. The molecule has 0 heterocycles. The van der Waals surface area contributed by atoms with E-state index < -0.39 is 18.8 Å². The lowest BCUT2D eigenvalue weighted by Gasteiger charge is -2.17. The highest BCUT2D eigenvalue weighted by atomic mass is 35.5. The summed E-state index contributed by atoms with van der Waals surface area (Å²) in [6.07, 6.45) is -4.39. The molecule has 4 nitrogen and oxygen atoms in total. The maximum absolute atomic E-state index is 12.0. The fraction of sp³-hybridized carbons (Fsp3) is 0.500. The highest BCUT2D eigenvalue weighted by molar-refractivity contribution is 6.31. The van der Waals surface area contributed by atoms with Crippen LogP contribution in [-0.2, 0) is 4.74 Å². The number of nitrogens with two attached hydrogens (primary N) is 1. The maximum Gasteiger partial charge on any atom is 0.411 e. The van der Waals surface area contributed by atoms with Crippen LogP contribution in [0.2, 0.25) is 5.02 Å². The van der Waals surface area contributed by atoms with Gasteiger partial charge in [-0.2, -0.15) is 13.2 Å². The second kappa shape index (κ2) is 7.01. The molecule has 20 heavy (non-hydrogen) atoms. The van der Waals surface area contributed by atoms with Crippen molar-refractivity contribution in [2.75, 3.05) is 27.4 Å². The predicted molar refractivity (Wildman–Crippen MR) is 68.4 cm³/mol. The molecule has 0 saturated heterocycles. The Morgan fingerprint density at radius 2 is 1.75 bits per heavy atom. The van der Waals surface area contributed by atoms with Crippen molar-refractivity contribution in [2.45, 2.75) is 12.2 Å². The molecule has 0 amide bonds. The summed E-state index contributed by atoms with van der Waals surface area (Å²) in [5.41, 5.74) is 6.19. The Hall–Kier alpha value is -1.18. The summed E-state index contributed by atoms with van der Waals surface area (Å²) in [5.74, 6) is 0.794.